The first-order valence-electron chi connectivity index (χ1n) is 7.47. The molecule has 0 spiro atoms. The Kier molecular flexibility index (Phi) is 4.10. The van der Waals surface area contributed by atoms with Gasteiger partial charge in [-0.1, -0.05) is 0 Å². The molecule has 1 aromatic carbocycles. The van der Waals surface area contributed by atoms with Gasteiger partial charge in [-0.05, 0) is 48.4 Å². The maximum absolute atomic E-state index is 13.2. The van der Waals surface area contributed by atoms with Gasteiger partial charge in [0, 0.05) is 36.5 Å². The van der Waals surface area contributed by atoms with Crippen LogP contribution in [0.25, 0.3) is 10.9 Å². The highest BCUT2D eigenvalue weighted by Gasteiger charge is 2.19. The number of aromatic nitrogens is 2. The Morgan fingerprint density at radius 3 is 2.78 bits per heavy atom. The first-order chi connectivity index (χ1) is 11.1. The second kappa shape index (κ2) is 6.20. The van der Waals surface area contributed by atoms with Crippen LogP contribution in [0.1, 0.15) is 24.1 Å². The average molecular weight is 311 g/mol. The Morgan fingerprint density at radius 1 is 1.30 bits per heavy atom. The third-order valence-corrected chi connectivity index (χ3v) is 4.23. The minimum atomic E-state index is -0.291. The van der Waals surface area contributed by atoms with E-state index in [1.54, 1.807) is 36.6 Å². The molecule has 1 atom stereocenters. The Bertz CT molecular complexity index is 829. The minimum Gasteiger partial charge on any atom is -0.361 e. The second-order valence-electron chi connectivity index (χ2n) is 5.64. The van der Waals surface area contributed by atoms with Crippen molar-refractivity contribution in [1.82, 2.24) is 14.9 Å². The fourth-order valence-electron chi connectivity index (χ4n) is 2.67. The zero-order valence-corrected chi connectivity index (χ0v) is 13.1. The monoisotopic (exact) mass is 311 g/mol. The molecule has 5 heteroatoms. The third kappa shape index (κ3) is 3.08. The predicted octanol–water partition coefficient (Wildman–Crippen LogP) is 3.46. The van der Waals surface area contributed by atoms with E-state index in [-0.39, 0.29) is 24.2 Å². The SMILES string of the molecule is CC(c1ccncc1)N(C)C(=O)Cc1c[nH]c2cc(F)ccc12. The number of carbonyl (C=O) groups excluding carboxylic acids is 1. The van der Waals surface area contributed by atoms with Crippen molar-refractivity contribution in [3.8, 4) is 0 Å². The number of nitrogens with one attached hydrogen (secondary N) is 1. The fourth-order valence-corrected chi connectivity index (χ4v) is 2.67. The number of amides is 1. The second-order valence-corrected chi connectivity index (χ2v) is 5.64. The molecule has 3 rings (SSSR count). The lowest BCUT2D eigenvalue weighted by molar-refractivity contribution is -0.131. The van der Waals surface area contributed by atoms with Crippen molar-refractivity contribution in [3.63, 3.8) is 0 Å². The Balaban J connectivity index is 1.77. The van der Waals surface area contributed by atoms with E-state index in [1.165, 1.54) is 12.1 Å². The van der Waals surface area contributed by atoms with Gasteiger partial charge in [0.05, 0.1) is 12.5 Å². The molecular formula is C18H18FN3O. The number of H-pyrrole nitrogens is 1. The van der Waals surface area contributed by atoms with Crippen LogP contribution in [0.2, 0.25) is 0 Å². The van der Waals surface area contributed by atoms with Crippen LogP contribution in [0, 0.1) is 5.82 Å². The van der Waals surface area contributed by atoms with Crippen LogP contribution in [0.5, 0.6) is 0 Å². The van der Waals surface area contributed by atoms with Crippen LogP contribution in [0.15, 0.2) is 48.9 Å². The summed E-state index contributed by atoms with van der Waals surface area (Å²) in [5.41, 5.74) is 2.62. The topological polar surface area (TPSA) is 49.0 Å². The number of rotatable bonds is 4. The van der Waals surface area contributed by atoms with Gasteiger partial charge in [-0.2, -0.15) is 0 Å². The lowest BCUT2D eigenvalue weighted by atomic mass is 10.1. The van der Waals surface area contributed by atoms with Crippen molar-refractivity contribution >= 4 is 16.8 Å². The number of benzene rings is 1. The normalized spacial score (nSPS) is 12.3. The molecule has 2 aromatic heterocycles. The van der Waals surface area contributed by atoms with Crippen molar-refractivity contribution in [2.24, 2.45) is 0 Å². The van der Waals surface area contributed by atoms with Crippen molar-refractivity contribution in [2.75, 3.05) is 7.05 Å². The summed E-state index contributed by atoms with van der Waals surface area (Å²) in [6, 6.07) is 8.33. The highest BCUT2D eigenvalue weighted by atomic mass is 19.1. The molecule has 0 aliphatic rings. The molecule has 118 valence electrons. The maximum atomic E-state index is 13.2. The standard InChI is InChI=1S/C18H18FN3O/c1-12(13-5-7-20-8-6-13)22(2)18(23)9-14-11-21-17-10-15(19)3-4-16(14)17/h3-8,10-12,21H,9H2,1-2H3. The molecule has 1 unspecified atom stereocenters. The third-order valence-electron chi connectivity index (χ3n) is 4.23. The average Bonchev–Trinajstić information content (AvgIpc) is 2.96. The summed E-state index contributed by atoms with van der Waals surface area (Å²) in [6.45, 7) is 1.98. The van der Waals surface area contributed by atoms with Crippen molar-refractivity contribution in [2.45, 2.75) is 19.4 Å². The van der Waals surface area contributed by atoms with E-state index in [4.69, 9.17) is 0 Å². The maximum Gasteiger partial charge on any atom is 0.227 e. The molecule has 0 saturated heterocycles. The summed E-state index contributed by atoms with van der Waals surface area (Å²) in [5.74, 6) is -0.278. The van der Waals surface area contributed by atoms with Gasteiger partial charge in [0.15, 0.2) is 0 Å². The summed E-state index contributed by atoms with van der Waals surface area (Å²) in [5, 5.41) is 0.879. The van der Waals surface area contributed by atoms with Crippen LogP contribution in [-0.2, 0) is 11.2 Å². The lowest BCUT2D eigenvalue weighted by Gasteiger charge is -2.25. The van der Waals surface area contributed by atoms with E-state index >= 15 is 0 Å². The summed E-state index contributed by atoms with van der Waals surface area (Å²) >= 11 is 0. The van der Waals surface area contributed by atoms with E-state index < -0.39 is 0 Å². The van der Waals surface area contributed by atoms with Gasteiger partial charge in [-0.25, -0.2) is 4.39 Å². The van der Waals surface area contributed by atoms with Gasteiger partial charge in [-0.15, -0.1) is 0 Å². The zero-order chi connectivity index (χ0) is 16.4. The summed E-state index contributed by atoms with van der Waals surface area (Å²) in [6.07, 6.45) is 5.49. The van der Waals surface area contributed by atoms with Crippen LogP contribution in [-0.4, -0.2) is 27.8 Å². The molecule has 0 fully saturated rings. The molecule has 0 aliphatic carbocycles. The quantitative estimate of drug-likeness (QED) is 0.802. The molecule has 0 saturated carbocycles. The van der Waals surface area contributed by atoms with Gasteiger partial charge in [0.1, 0.15) is 5.82 Å². The molecule has 1 N–H and O–H groups in total. The number of halogens is 1. The van der Waals surface area contributed by atoms with Crippen LogP contribution >= 0.6 is 0 Å². The van der Waals surface area contributed by atoms with Crippen LogP contribution in [0.3, 0.4) is 0 Å². The van der Waals surface area contributed by atoms with E-state index in [0.29, 0.717) is 5.52 Å². The number of aromatic amines is 1. The first-order valence-corrected chi connectivity index (χ1v) is 7.47. The summed E-state index contributed by atoms with van der Waals surface area (Å²) < 4.78 is 13.2. The van der Waals surface area contributed by atoms with Crippen molar-refractivity contribution in [1.29, 1.82) is 0 Å². The summed E-state index contributed by atoms with van der Waals surface area (Å²) in [4.78, 5) is 21.3. The zero-order valence-electron chi connectivity index (χ0n) is 13.1. The Morgan fingerprint density at radius 2 is 2.04 bits per heavy atom. The number of hydrogen-bond acceptors (Lipinski definition) is 2. The molecule has 0 bridgehead atoms. The fraction of sp³-hybridized carbons (Fsp3) is 0.222. The molecule has 3 aromatic rings. The molecule has 4 nitrogen and oxygen atoms in total. The molecule has 0 radical (unpaired) electrons. The van der Waals surface area contributed by atoms with Gasteiger partial charge in [0.25, 0.3) is 0 Å². The summed E-state index contributed by atoms with van der Waals surface area (Å²) in [7, 11) is 1.79. The number of hydrogen-bond donors (Lipinski definition) is 1. The predicted molar refractivity (Wildman–Crippen MR) is 87.4 cm³/mol. The van der Waals surface area contributed by atoms with E-state index in [2.05, 4.69) is 9.97 Å². The van der Waals surface area contributed by atoms with Crippen molar-refractivity contribution < 1.29 is 9.18 Å². The number of carbonyl (C=O) groups is 1. The van der Waals surface area contributed by atoms with Crippen LogP contribution < -0.4 is 0 Å². The van der Waals surface area contributed by atoms with Crippen LogP contribution in [0.4, 0.5) is 4.39 Å². The van der Waals surface area contributed by atoms with E-state index in [1.807, 2.05) is 19.1 Å². The molecule has 2 heterocycles. The van der Waals surface area contributed by atoms with E-state index in [0.717, 1.165) is 16.5 Å². The first kappa shape index (κ1) is 15.2. The molecule has 23 heavy (non-hydrogen) atoms. The van der Waals surface area contributed by atoms with Gasteiger partial charge in [-0.3, -0.25) is 9.78 Å². The lowest BCUT2D eigenvalue weighted by Crippen LogP contribution is -2.30. The van der Waals surface area contributed by atoms with Gasteiger partial charge in [0.2, 0.25) is 5.91 Å². The Labute approximate surface area is 134 Å². The molecule has 0 aliphatic heterocycles. The molecule has 1 amide bonds. The van der Waals surface area contributed by atoms with Gasteiger partial charge >= 0.3 is 0 Å². The Hall–Kier alpha value is -2.69. The largest absolute Gasteiger partial charge is 0.361 e. The number of fused-ring (bicyclic) bond motifs is 1. The minimum absolute atomic E-state index is 0.0135. The highest BCUT2D eigenvalue weighted by Crippen LogP contribution is 2.22. The highest BCUT2D eigenvalue weighted by molar-refractivity contribution is 5.89. The molecular weight excluding hydrogens is 293 g/mol. The van der Waals surface area contributed by atoms with Crippen molar-refractivity contribution in [3.05, 3.63) is 65.9 Å². The number of pyridine rings is 1. The number of nitrogens with zero attached hydrogens (tertiary/aromatic N) is 2. The van der Waals surface area contributed by atoms with Gasteiger partial charge < -0.3 is 9.88 Å². The smallest absolute Gasteiger partial charge is 0.227 e. The number of likely N-dealkylation sites (N-methyl/N-ethyl adjacent to an activating group) is 1. The van der Waals surface area contributed by atoms with E-state index in [9.17, 15) is 9.18 Å².